The van der Waals surface area contributed by atoms with E-state index in [1.165, 1.54) is 35.9 Å². The van der Waals surface area contributed by atoms with E-state index >= 15 is 0 Å². The standard InChI is InChI=1S/C14H10ClN5O3S/c1-23-11-5-4-9(15)7-12(11)24(21,22)19-10-3-2-6-20-14(10)17-13(8-16)18-20/h2-7,19H,1H3. The van der Waals surface area contributed by atoms with Gasteiger partial charge in [0, 0.05) is 11.2 Å². The van der Waals surface area contributed by atoms with Crippen LogP contribution in [0.15, 0.2) is 41.4 Å². The first-order valence-electron chi connectivity index (χ1n) is 6.56. The zero-order valence-corrected chi connectivity index (χ0v) is 13.8. The molecule has 0 aliphatic heterocycles. The van der Waals surface area contributed by atoms with E-state index in [1.54, 1.807) is 18.3 Å². The normalized spacial score (nSPS) is 11.2. The molecule has 0 fully saturated rings. The molecule has 24 heavy (non-hydrogen) atoms. The number of fused-ring (bicyclic) bond motifs is 1. The predicted octanol–water partition coefficient (Wildman–Crippen LogP) is 2.06. The van der Waals surface area contributed by atoms with Crippen molar-refractivity contribution in [2.75, 3.05) is 11.8 Å². The van der Waals surface area contributed by atoms with Crippen molar-refractivity contribution < 1.29 is 13.2 Å². The molecule has 0 amide bonds. The fourth-order valence-corrected chi connectivity index (χ4v) is 3.59. The van der Waals surface area contributed by atoms with Gasteiger partial charge >= 0.3 is 0 Å². The number of hydrogen-bond donors (Lipinski definition) is 1. The van der Waals surface area contributed by atoms with Crippen LogP contribution in [0.25, 0.3) is 5.65 Å². The van der Waals surface area contributed by atoms with Crippen molar-refractivity contribution >= 4 is 33.0 Å². The highest BCUT2D eigenvalue weighted by Crippen LogP contribution is 2.29. The van der Waals surface area contributed by atoms with Gasteiger partial charge in [0.25, 0.3) is 15.8 Å². The van der Waals surface area contributed by atoms with Gasteiger partial charge < -0.3 is 4.74 Å². The Bertz CT molecular complexity index is 1070. The molecule has 3 aromatic rings. The minimum absolute atomic E-state index is 0.0676. The molecule has 3 rings (SSSR count). The maximum absolute atomic E-state index is 12.7. The van der Waals surface area contributed by atoms with Crippen LogP contribution in [-0.4, -0.2) is 30.1 Å². The molecule has 10 heteroatoms. The Morgan fingerprint density at radius 2 is 2.17 bits per heavy atom. The number of hydrogen-bond acceptors (Lipinski definition) is 6. The van der Waals surface area contributed by atoms with Gasteiger partial charge in [0.2, 0.25) is 0 Å². The van der Waals surface area contributed by atoms with Crippen LogP contribution in [-0.2, 0) is 10.0 Å². The summed E-state index contributed by atoms with van der Waals surface area (Å²) in [5, 5.41) is 13.0. The highest BCUT2D eigenvalue weighted by molar-refractivity contribution is 7.92. The fraction of sp³-hybridized carbons (Fsp3) is 0.0714. The highest BCUT2D eigenvalue weighted by Gasteiger charge is 2.22. The molecule has 0 unspecified atom stereocenters. The maximum atomic E-state index is 12.7. The van der Waals surface area contributed by atoms with Gasteiger partial charge in [0.1, 0.15) is 16.7 Å². The second-order valence-electron chi connectivity index (χ2n) is 4.64. The molecule has 0 radical (unpaired) electrons. The summed E-state index contributed by atoms with van der Waals surface area (Å²) >= 11 is 5.89. The van der Waals surface area contributed by atoms with Crippen LogP contribution in [0.5, 0.6) is 5.75 Å². The number of halogens is 1. The SMILES string of the molecule is COc1ccc(Cl)cc1S(=O)(=O)Nc1cccn2nc(C#N)nc12. The largest absolute Gasteiger partial charge is 0.495 e. The van der Waals surface area contributed by atoms with E-state index in [4.69, 9.17) is 21.6 Å². The van der Waals surface area contributed by atoms with Crippen molar-refractivity contribution in [3.63, 3.8) is 0 Å². The number of ether oxygens (including phenoxy) is 1. The topological polar surface area (TPSA) is 109 Å². The smallest absolute Gasteiger partial charge is 0.265 e. The number of methoxy groups -OCH3 is 1. The van der Waals surface area contributed by atoms with E-state index in [9.17, 15) is 8.42 Å². The first-order valence-corrected chi connectivity index (χ1v) is 8.42. The minimum atomic E-state index is -3.99. The lowest BCUT2D eigenvalue weighted by atomic mass is 10.3. The summed E-state index contributed by atoms with van der Waals surface area (Å²) in [5.74, 6) is 0.0833. The number of pyridine rings is 1. The van der Waals surface area contributed by atoms with E-state index in [1.807, 2.05) is 0 Å². The van der Waals surface area contributed by atoms with Gasteiger partial charge in [-0.15, -0.1) is 5.10 Å². The molecule has 0 spiro atoms. The van der Waals surface area contributed by atoms with Gasteiger partial charge in [-0.05, 0) is 30.3 Å². The second-order valence-corrected chi connectivity index (χ2v) is 6.73. The monoisotopic (exact) mass is 363 g/mol. The van der Waals surface area contributed by atoms with Crippen LogP contribution in [0.1, 0.15) is 5.82 Å². The molecule has 2 heterocycles. The lowest BCUT2D eigenvalue weighted by Gasteiger charge is -2.12. The molecular formula is C14H10ClN5O3S. The average molecular weight is 364 g/mol. The van der Waals surface area contributed by atoms with E-state index in [2.05, 4.69) is 14.8 Å². The number of rotatable bonds is 4. The van der Waals surface area contributed by atoms with E-state index in [-0.39, 0.29) is 32.8 Å². The molecule has 0 aliphatic rings. The minimum Gasteiger partial charge on any atom is -0.495 e. The van der Waals surface area contributed by atoms with E-state index < -0.39 is 10.0 Å². The summed E-state index contributed by atoms with van der Waals surface area (Å²) in [7, 11) is -2.63. The first-order chi connectivity index (χ1) is 11.4. The molecular weight excluding hydrogens is 354 g/mol. The van der Waals surface area contributed by atoms with Crippen LogP contribution >= 0.6 is 11.6 Å². The highest BCUT2D eigenvalue weighted by atomic mass is 35.5. The number of nitriles is 1. The van der Waals surface area contributed by atoms with Crippen LogP contribution < -0.4 is 9.46 Å². The van der Waals surface area contributed by atoms with Crippen molar-refractivity contribution in [1.29, 1.82) is 5.26 Å². The van der Waals surface area contributed by atoms with Crippen molar-refractivity contribution in [2.24, 2.45) is 0 Å². The van der Waals surface area contributed by atoms with Gasteiger partial charge in [-0.2, -0.15) is 10.2 Å². The van der Waals surface area contributed by atoms with Crippen molar-refractivity contribution in [2.45, 2.75) is 4.90 Å². The zero-order valence-electron chi connectivity index (χ0n) is 12.3. The van der Waals surface area contributed by atoms with Gasteiger partial charge in [-0.1, -0.05) is 11.6 Å². The fourth-order valence-electron chi connectivity index (χ4n) is 2.09. The molecule has 0 saturated heterocycles. The third-order valence-corrected chi connectivity index (χ3v) is 4.74. The number of sulfonamides is 1. The Morgan fingerprint density at radius 3 is 2.88 bits per heavy atom. The maximum Gasteiger partial charge on any atom is 0.265 e. The van der Waals surface area contributed by atoms with Gasteiger partial charge in [0.05, 0.1) is 12.8 Å². The lowest BCUT2D eigenvalue weighted by Crippen LogP contribution is -2.15. The van der Waals surface area contributed by atoms with Crippen molar-refractivity contribution in [3.05, 3.63) is 47.4 Å². The molecule has 1 aromatic carbocycles. The van der Waals surface area contributed by atoms with Crippen LogP contribution in [0.4, 0.5) is 5.69 Å². The van der Waals surface area contributed by atoms with Gasteiger partial charge in [-0.25, -0.2) is 12.9 Å². The summed E-state index contributed by atoms with van der Waals surface area (Å²) in [5.41, 5.74) is 0.382. The number of nitrogens with one attached hydrogen (secondary N) is 1. The lowest BCUT2D eigenvalue weighted by molar-refractivity contribution is 0.403. The third kappa shape index (κ3) is 2.84. The first kappa shape index (κ1) is 16.0. The Hall–Kier alpha value is -2.83. The molecule has 8 nitrogen and oxygen atoms in total. The quantitative estimate of drug-likeness (QED) is 0.759. The molecule has 0 bridgehead atoms. The van der Waals surface area contributed by atoms with Crippen molar-refractivity contribution in [1.82, 2.24) is 14.6 Å². The van der Waals surface area contributed by atoms with E-state index in [0.29, 0.717) is 0 Å². The Morgan fingerprint density at radius 1 is 1.38 bits per heavy atom. The third-order valence-electron chi connectivity index (χ3n) is 3.12. The predicted molar refractivity (Wildman–Crippen MR) is 86.5 cm³/mol. The van der Waals surface area contributed by atoms with Crippen LogP contribution in [0.3, 0.4) is 0 Å². The molecule has 1 N–H and O–H groups in total. The summed E-state index contributed by atoms with van der Waals surface area (Å²) in [4.78, 5) is 3.86. The molecule has 0 aliphatic carbocycles. The van der Waals surface area contributed by atoms with Gasteiger partial charge in [0.15, 0.2) is 5.65 Å². The summed E-state index contributed by atoms with van der Waals surface area (Å²) in [6.45, 7) is 0. The summed E-state index contributed by atoms with van der Waals surface area (Å²) in [6, 6.07) is 9.17. The zero-order chi connectivity index (χ0) is 17.3. The number of benzene rings is 1. The Labute approximate surface area is 142 Å². The van der Waals surface area contributed by atoms with E-state index in [0.717, 1.165) is 0 Å². The Balaban J connectivity index is 2.09. The number of nitrogens with zero attached hydrogens (tertiary/aromatic N) is 4. The summed E-state index contributed by atoms with van der Waals surface area (Å²) < 4.78 is 34.2. The Kier molecular flexibility index (Phi) is 4.01. The summed E-state index contributed by atoms with van der Waals surface area (Å²) in [6.07, 6.45) is 1.56. The molecule has 0 atom stereocenters. The number of anilines is 1. The second kappa shape index (κ2) is 5.99. The number of aromatic nitrogens is 3. The molecule has 122 valence electrons. The molecule has 0 saturated carbocycles. The van der Waals surface area contributed by atoms with Gasteiger partial charge in [-0.3, -0.25) is 4.72 Å². The van der Waals surface area contributed by atoms with Crippen LogP contribution in [0, 0.1) is 11.3 Å². The molecule has 2 aromatic heterocycles. The van der Waals surface area contributed by atoms with Crippen LogP contribution in [0.2, 0.25) is 5.02 Å². The van der Waals surface area contributed by atoms with Crippen molar-refractivity contribution in [3.8, 4) is 11.8 Å². The average Bonchev–Trinajstić information content (AvgIpc) is 2.99.